The van der Waals surface area contributed by atoms with Gasteiger partial charge in [0.15, 0.2) is 17.2 Å². The zero-order valence-electron chi connectivity index (χ0n) is 20.0. The second-order valence-corrected chi connectivity index (χ2v) is 9.18. The lowest BCUT2D eigenvalue weighted by Gasteiger charge is -2.27. The van der Waals surface area contributed by atoms with E-state index in [2.05, 4.69) is 27.3 Å². The molecule has 1 unspecified atom stereocenters. The quantitative estimate of drug-likeness (QED) is 0.499. The van der Waals surface area contributed by atoms with Crippen LogP contribution in [-0.2, 0) is 11.3 Å². The molecule has 1 amide bonds. The fourth-order valence-corrected chi connectivity index (χ4v) is 4.44. The number of likely N-dealkylation sites (tertiary alicyclic amines) is 1. The van der Waals surface area contributed by atoms with E-state index in [1.165, 1.54) is 6.42 Å². The van der Waals surface area contributed by atoms with Crippen LogP contribution in [0.5, 0.6) is 5.75 Å². The van der Waals surface area contributed by atoms with Crippen molar-refractivity contribution < 1.29 is 14.7 Å². The zero-order chi connectivity index (χ0) is 24.1. The van der Waals surface area contributed by atoms with Crippen molar-refractivity contribution in [2.45, 2.75) is 46.1 Å². The summed E-state index contributed by atoms with van der Waals surface area (Å²) < 4.78 is 0. The molecule has 0 saturated carbocycles. The molecule has 1 atom stereocenters. The summed E-state index contributed by atoms with van der Waals surface area (Å²) in [5, 5.41) is 15.1. The van der Waals surface area contributed by atoms with Gasteiger partial charge < -0.3 is 10.4 Å². The van der Waals surface area contributed by atoms with Crippen molar-refractivity contribution in [3.05, 3.63) is 59.9 Å². The van der Waals surface area contributed by atoms with Gasteiger partial charge in [-0.1, -0.05) is 56.7 Å². The number of aromatic hydroxyl groups is 1. The fourth-order valence-electron chi connectivity index (χ4n) is 4.44. The summed E-state index contributed by atoms with van der Waals surface area (Å²) in [6.07, 6.45) is 4.25. The lowest BCUT2D eigenvalue weighted by Crippen LogP contribution is -2.33. The Kier molecular flexibility index (Phi) is 7.58. The van der Waals surface area contributed by atoms with Crippen molar-refractivity contribution in [2.75, 3.05) is 19.6 Å². The summed E-state index contributed by atoms with van der Waals surface area (Å²) in [6, 6.07) is 15.9. The first-order valence-corrected chi connectivity index (χ1v) is 12.2. The summed E-state index contributed by atoms with van der Waals surface area (Å²) in [5.74, 6) is -0.824. The molecular formula is C28H33N3O3. The van der Waals surface area contributed by atoms with Gasteiger partial charge in [0.2, 0.25) is 0 Å². The topological polar surface area (TPSA) is 82.5 Å². The first-order chi connectivity index (χ1) is 16.5. The number of carbonyl (C=O) groups excluding carboxylic acids is 2. The molecule has 1 fully saturated rings. The summed E-state index contributed by atoms with van der Waals surface area (Å²) in [6.45, 7) is 6.32. The second kappa shape index (κ2) is 10.8. The van der Waals surface area contributed by atoms with Crippen molar-refractivity contribution >= 4 is 22.5 Å². The molecule has 1 aliphatic rings. The van der Waals surface area contributed by atoms with Gasteiger partial charge in [-0.2, -0.15) is 0 Å². The Morgan fingerprint density at radius 3 is 2.47 bits per heavy atom. The molecule has 6 heteroatoms. The fraction of sp³-hybridized carbons (Fsp3) is 0.393. The normalized spacial score (nSPS) is 15.2. The van der Waals surface area contributed by atoms with Gasteiger partial charge in [0, 0.05) is 23.2 Å². The Bertz CT molecular complexity index is 1170. The van der Waals surface area contributed by atoms with Crippen LogP contribution in [0.3, 0.4) is 0 Å². The van der Waals surface area contributed by atoms with Gasteiger partial charge in [-0.25, -0.2) is 4.98 Å². The van der Waals surface area contributed by atoms with Crippen molar-refractivity contribution in [3.8, 4) is 16.9 Å². The molecule has 34 heavy (non-hydrogen) atoms. The van der Waals surface area contributed by atoms with Crippen LogP contribution in [0, 0.1) is 5.92 Å². The van der Waals surface area contributed by atoms with Gasteiger partial charge in [-0.15, -0.1) is 0 Å². The first kappa shape index (κ1) is 23.9. The van der Waals surface area contributed by atoms with Gasteiger partial charge in [-0.3, -0.25) is 14.5 Å². The molecule has 3 aromatic rings. The van der Waals surface area contributed by atoms with Gasteiger partial charge in [0.1, 0.15) is 0 Å². The molecule has 0 radical (unpaired) electrons. The van der Waals surface area contributed by atoms with Gasteiger partial charge in [0.25, 0.3) is 5.91 Å². The predicted molar refractivity (Wildman–Crippen MR) is 135 cm³/mol. The van der Waals surface area contributed by atoms with Crippen molar-refractivity contribution in [2.24, 2.45) is 5.92 Å². The van der Waals surface area contributed by atoms with Crippen LogP contribution in [0.2, 0.25) is 0 Å². The molecule has 2 N–H and O–H groups in total. The number of amides is 1. The number of piperidine rings is 1. The molecule has 178 valence electrons. The molecule has 4 rings (SSSR count). The van der Waals surface area contributed by atoms with E-state index in [1.807, 2.05) is 50.2 Å². The maximum atomic E-state index is 13.0. The highest BCUT2D eigenvalue weighted by Crippen LogP contribution is 2.34. The zero-order valence-corrected chi connectivity index (χ0v) is 20.0. The van der Waals surface area contributed by atoms with Crippen LogP contribution in [0.4, 0.5) is 0 Å². The Morgan fingerprint density at radius 2 is 1.76 bits per heavy atom. The highest BCUT2D eigenvalue weighted by atomic mass is 16.3. The number of rotatable bonds is 8. The third-order valence-corrected chi connectivity index (χ3v) is 6.79. The van der Waals surface area contributed by atoms with Crippen molar-refractivity contribution in [1.29, 1.82) is 0 Å². The Morgan fingerprint density at radius 1 is 1.03 bits per heavy atom. The Labute approximate surface area is 201 Å². The molecule has 2 aromatic carbocycles. The molecule has 1 aromatic heterocycles. The smallest absolute Gasteiger partial charge is 0.274 e. The molecule has 2 heterocycles. The first-order valence-electron chi connectivity index (χ1n) is 12.2. The number of hydrogen-bond donors (Lipinski definition) is 2. The predicted octanol–water partition coefficient (Wildman–Crippen LogP) is 4.94. The molecule has 1 saturated heterocycles. The van der Waals surface area contributed by atoms with E-state index in [4.69, 9.17) is 0 Å². The average Bonchev–Trinajstić information content (AvgIpc) is 2.89. The van der Waals surface area contributed by atoms with Crippen LogP contribution < -0.4 is 5.32 Å². The lowest BCUT2D eigenvalue weighted by molar-refractivity contribution is -0.121. The highest BCUT2D eigenvalue weighted by molar-refractivity contribution is 6.04. The van der Waals surface area contributed by atoms with Gasteiger partial charge >= 0.3 is 0 Å². The average molecular weight is 460 g/mol. The van der Waals surface area contributed by atoms with Crippen molar-refractivity contribution in [3.63, 3.8) is 0 Å². The molecular weight excluding hydrogens is 426 g/mol. The third kappa shape index (κ3) is 5.28. The van der Waals surface area contributed by atoms with E-state index in [-0.39, 0.29) is 29.7 Å². The molecule has 0 aliphatic carbocycles. The van der Waals surface area contributed by atoms with Crippen molar-refractivity contribution in [1.82, 2.24) is 15.2 Å². The van der Waals surface area contributed by atoms with Crippen LogP contribution in [0.15, 0.2) is 48.5 Å². The number of Topliss-reactive ketones (excluding diaryl/α,β-unsaturated/α-hetero) is 1. The van der Waals surface area contributed by atoms with Gasteiger partial charge in [-0.05, 0) is 55.6 Å². The largest absolute Gasteiger partial charge is 0.505 e. The van der Waals surface area contributed by atoms with E-state index >= 15 is 0 Å². The number of benzene rings is 2. The number of nitrogens with one attached hydrogen (secondary N) is 1. The maximum Gasteiger partial charge on any atom is 0.274 e. The number of ketones is 1. The summed E-state index contributed by atoms with van der Waals surface area (Å²) in [7, 11) is 0. The van der Waals surface area contributed by atoms with E-state index in [9.17, 15) is 14.7 Å². The monoisotopic (exact) mass is 459 g/mol. The Balaban J connectivity index is 1.72. The minimum absolute atomic E-state index is 0.0241. The molecule has 6 nitrogen and oxygen atoms in total. The van der Waals surface area contributed by atoms with Crippen LogP contribution in [0.1, 0.15) is 55.7 Å². The summed E-state index contributed by atoms with van der Waals surface area (Å²) in [5.41, 5.74) is 2.86. The van der Waals surface area contributed by atoms with Crippen LogP contribution in [-0.4, -0.2) is 46.3 Å². The van der Waals surface area contributed by atoms with E-state index in [1.54, 1.807) is 0 Å². The van der Waals surface area contributed by atoms with E-state index in [0.717, 1.165) is 54.6 Å². The summed E-state index contributed by atoms with van der Waals surface area (Å²) >= 11 is 0. The maximum absolute atomic E-state index is 13.0. The summed E-state index contributed by atoms with van der Waals surface area (Å²) in [4.78, 5) is 32.2. The Hall–Kier alpha value is -3.25. The number of pyridine rings is 1. The van der Waals surface area contributed by atoms with Gasteiger partial charge in [0.05, 0.1) is 12.2 Å². The highest BCUT2D eigenvalue weighted by Gasteiger charge is 2.22. The van der Waals surface area contributed by atoms with E-state index < -0.39 is 5.91 Å². The minimum Gasteiger partial charge on any atom is -0.505 e. The third-order valence-electron chi connectivity index (χ3n) is 6.79. The van der Waals surface area contributed by atoms with E-state index in [0.29, 0.717) is 11.9 Å². The number of hydrogen-bond acceptors (Lipinski definition) is 5. The second-order valence-electron chi connectivity index (χ2n) is 9.18. The molecule has 0 bridgehead atoms. The number of carbonyl (C=O) groups is 2. The molecule has 0 spiro atoms. The number of fused-ring (bicyclic) bond motifs is 1. The molecule has 1 aliphatic heterocycles. The number of nitrogens with zero attached hydrogens (tertiary/aromatic N) is 2. The SMILES string of the molecule is CCC(C)C(=O)CNC(=O)c1nc(CN2CCCCC2)c2cc(-c3ccccc3)ccc2c1O. The standard InChI is InChI=1S/C28H33N3O3/c1-3-19(2)25(32)17-29-28(34)26-27(33)22-13-12-21(20-10-6-4-7-11-20)16-23(22)24(30-26)18-31-14-8-5-9-15-31/h4,6-7,10-13,16,19,33H,3,5,8-9,14-15,17-18H2,1-2H3,(H,29,34). The van der Waals surface area contributed by atoms with Crippen LogP contribution >= 0.6 is 0 Å². The number of aromatic nitrogens is 1. The minimum atomic E-state index is -0.525. The van der Waals surface area contributed by atoms with Crippen LogP contribution in [0.25, 0.3) is 21.9 Å². The lowest BCUT2D eigenvalue weighted by atomic mass is 9.98.